The summed E-state index contributed by atoms with van der Waals surface area (Å²) < 4.78 is 10.3. The van der Waals surface area contributed by atoms with Gasteiger partial charge in [-0.25, -0.2) is 0 Å². The van der Waals surface area contributed by atoms with Crippen molar-refractivity contribution >= 4 is 5.91 Å². The molecule has 2 aromatic carbocycles. The van der Waals surface area contributed by atoms with E-state index >= 15 is 0 Å². The lowest BCUT2D eigenvalue weighted by Crippen LogP contribution is -2.27. The van der Waals surface area contributed by atoms with Gasteiger partial charge in [0.15, 0.2) is 0 Å². The first-order valence-corrected chi connectivity index (χ1v) is 7.96. The lowest BCUT2D eigenvalue weighted by Gasteiger charge is -2.07. The van der Waals surface area contributed by atoms with Gasteiger partial charge < -0.3 is 14.6 Å². The Labute approximate surface area is 145 Å². The number of benzene rings is 2. The molecular weight excluding hydrogens is 318 g/mol. The third-order valence-corrected chi connectivity index (χ3v) is 3.73. The van der Waals surface area contributed by atoms with Crippen molar-refractivity contribution < 1.29 is 14.1 Å². The van der Waals surface area contributed by atoms with Crippen LogP contribution in [-0.4, -0.2) is 36.3 Å². The number of rotatable bonds is 6. The number of carbonyl (C=O) groups is 1. The van der Waals surface area contributed by atoms with Crippen molar-refractivity contribution in [2.75, 3.05) is 20.3 Å². The average Bonchev–Trinajstić information content (AvgIpc) is 3.12. The zero-order valence-electron chi connectivity index (χ0n) is 14.2. The summed E-state index contributed by atoms with van der Waals surface area (Å²) in [6.45, 7) is 2.90. The highest BCUT2D eigenvalue weighted by molar-refractivity contribution is 6.00. The molecule has 6 nitrogen and oxygen atoms in total. The highest BCUT2D eigenvalue weighted by atomic mass is 16.5. The van der Waals surface area contributed by atoms with Gasteiger partial charge >= 0.3 is 0 Å². The summed E-state index contributed by atoms with van der Waals surface area (Å²) in [5.74, 6) is 0.598. The number of nitrogens with zero attached hydrogens (tertiary/aromatic N) is 2. The van der Waals surface area contributed by atoms with Gasteiger partial charge in [0, 0.05) is 19.2 Å². The number of aryl methyl sites for hydroxylation is 1. The topological polar surface area (TPSA) is 77.2 Å². The van der Waals surface area contributed by atoms with E-state index in [1.54, 1.807) is 25.3 Å². The molecule has 1 amide bonds. The summed E-state index contributed by atoms with van der Waals surface area (Å²) in [5.41, 5.74) is 3.11. The summed E-state index contributed by atoms with van der Waals surface area (Å²) in [4.78, 5) is 16.8. The molecule has 0 aliphatic rings. The Bertz CT molecular complexity index is 856. The third-order valence-electron chi connectivity index (χ3n) is 3.73. The molecule has 0 spiro atoms. The molecule has 0 bridgehead atoms. The van der Waals surface area contributed by atoms with E-state index in [2.05, 4.69) is 15.5 Å². The molecule has 6 heteroatoms. The fourth-order valence-electron chi connectivity index (χ4n) is 2.38. The molecule has 1 aromatic heterocycles. The van der Waals surface area contributed by atoms with Crippen molar-refractivity contribution in [2.45, 2.75) is 6.92 Å². The molecular formula is C19H19N3O3. The lowest BCUT2D eigenvalue weighted by atomic mass is 10.1. The molecule has 1 heterocycles. The molecule has 25 heavy (non-hydrogen) atoms. The minimum absolute atomic E-state index is 0.206. The molecule has 0 aliphatic heterocycles. The van der Waals surface area contributed by atoms with Crippen LogP contribution in [0.1, 0.15) is 15.9 Å². The second-order valence-electron chi connectivity index (χ2n) is 5.58. The number of amides is 1. The first-order chi connectivity index (χ1) is 12.2. The predicted octanol–water partition coefficient (Wildman–Crippen LogP) is 3.09. The Morgan fingerprint density at radius 3 is 2.68 bits per heavy atom. The Morgan fingerprint density at radius 1 is 1.16 bits per heavy atom. The molecule has 128 valence electrons. The van der Waals surface area contributed by atoms with E-state index in [4.69, 9.17) is 9.26 Å². The van der Waals surface area contributed by atoms with Gasteiger partial charge in [-0.3, -0.25) is 4.79 Å². The Balaban J connectivity index is 1.87. The standard InChI is InChI=1S/C19H19N3O3/c1-13-7-9-14(10-8-13)17-21-19(25-22-17)16-6-4-3-5-15(16)18(23)20-11-12-24-2/h3-10H,11-12H2,1-2H3,(H,20,23). The highest BCUT2D eigenvalue weighted by Gasteiger charge is 2.17. The maximum Gasteiger partial charge on any atom is 0.259 e. The minimum Gasteiger partial charge on any atom is -0.383 e. The lowest BCUT2D eigenvalue weighted by molar-refractivity contribution is 0.0937. The van der Waals surface area contributed by atoms with E-state index in [1.807, 2.05) is 37.3 Å². The van der Waals surface area contributed by atoms with E-state index in [0.29, 0.717) is 36.0 Å². The van der Waals surface area contributed by atoms with Crippen molar-refractivity contribution in [3.63, 3.8) is 0 Å². The van der Waals surface area contributed by atoms with Crippen LogP contribution >= 0.6 is 0 Å². The Morgan fingerprint density at radius 2 is 1.92 bits per heavy atom. The van der Waals surface area contributed by atoms with Crippen LogP contribution in [0.25, 0.3) is 22.8 Å². The summed E-state index contributed by atoms with van der Waals surface area (Å²) in [6, 6.07) is 15.0. The quantitative estimate of drug-likeness (QED) is 0.700. The normalized spacial score (nSPS) is 10.6. The third kappa shape index (κ3) is 3.92. The fourth-order valence-corrected chi connectivity index (χ4v) is 2.38. The fraction of sp³-hybridized carbons (Fsp3) is 0.211. The van der Waals surface area contributed by atoms with Crippen molar-refractivity contribution in [1.29, 1.82) is 0 Å². The second-order valence-corrected chi connectivity index (χ2v) is 5.58. The second kappa shape index (κ2) is 7.72. The molecule has 3 rings (SSSR count). The number of ether oxygens (including phenoxy) is 1. The van der Waals surface area contributed by atoms with Gasteiger partial charge in [0.05, 0.1) is 17.7 Å². The van der Waals surface area contributed by atoms with Crippen LogP contribution < -0.4 is 5.32 Å². The highest BCUT2D eigenvalue weighted by Crippen LogP contribution is 2.25. The average molecular weight is 337 g/mol. The van der Waals surface area contributed by atoms with Gasteiger partial charge in [0.1, 0.15) is 0 Å². The summed E-state index contributed by atoms with van der Waals surface area (Å²) in [5, 5.41) is 6.83. The molecule has 0 aliphatic carbocycles. The van der Waals surface area contributed by atoms with E-state index in [1.165, 1.54) is 0 Å². The van der Waals surface area contributed by atoms with Crippen molar-refractivity contribution in [1.82, 2.24) is 15.5 Å². The van der Waals surface area contributed by atoms with Gasteiger partial charge in [0.2, 0.25) is 5.82 Å². The SMILES string of the molecule is COCCNC(=O)c1ccccc1-c1nc(-c2ccc(C)cc2)no1. The van der Waals surface area contributed by atoms with Crippen LogP contribution in [0.3, 0.4) is 0 Å². The van der Waals surface area contributed by atoms with E-state index in [0.717, 1.165) is 11.1 Å². The summed E-state index contributed by atoms with van der Waals surface area (Å²) in [6.07, 6.45) is 0. The summed E-state index contributed by atoms with van der Waals surface area (Å²) in [7, 11) is 1.59. The number of hydrogen-bond donors (Lipinski definition) is 1. The number of carbonyl (C=O) groups excluding carboxylic acids is 1. The molecule has 0 radical (unpaired) electrons. The number of methoxy groups -OCH3 is 1. The van der Waals surface area contributed by atoms with Crippen molar-refractivity contribution in [2.24, 2.45) is 0 Å². The molecule has 0 atom stereocenters. The minimum atomic E-state index is -0.206. The Hall–Kier alpha value is -2.99. The number of aromatic nitrogens is 2. The van der Waals surface area contributed by atoms with E-state index in [9.17, 15) is 4.79 Å². The number of nitrogens with one attached hydrogen (secondary N) is 1. The first kappa shape index (κ1) is 16.9. The predicted molar refractivity (Wildman–Crippen MR) is 94.1 cm³/mol. The molecule has 3 aromatic rings. The largest absolute Gasteiger partial charge is 0.383 e. The van der Waals surface area contributed by atoms with Crippen molar-refractivity contribution in [3.8, 4) is 22.8 Å². The monoisotopic (exact) mass is 337 g/mol. The van der Waals surface area contributed by atoms with Crippen molar-refractivity contribution in [3.05, 3.63) is 59.7 Å². The van der Waals surface area contributed by atoms with Crippen LogP contribution in [0, 0.1) is 6.92 Å². The smallest absolute Gasteiger partial charge is 0.259 e. The molecule has 0 unspecified atom stereocenters. The zero-order valence-corrected chi connectivity index (χ0v) is 14.2. The van der Waals surface area contributed by atoms with Crippen LogP contribution in [0.4, 0.5) is 0 Å². The molecule has 0 fully saturated rings. The van der Waals surface area contributed by atoms with Gasteiger partial charge in [-0.15, -0.1) is 0 Å². The van der Waals surface area contributed by atoms with E-state index in [-0.39, 0.29) is 5.91 Å². The van der Waals surface area contributed by atoms with Gasteiger partial charge in [-0.2, -0.15) is 4.98 Å². The van der Waals surface area contributed by atoms with Crippen LogP contribution in [-0.2, 0) is 4.74 Å². The van der Waals surface area contributed by atoms with E-state index < -0.39 is 0 Å². The van der Waals surface area contributed by atoms with Crippen LogP contribution in [0.5, 0.6) is 0 Å². The van der Waals surface area contributed by atoms with Crippen LogP contribution in [0.15, 0.2) is 53.1 Å². The molecule has 0 saturated carbocycles. The Kier molecular flexibility index (Phi) is 5.20. The first-order valence-electron chi connectivity index (χ1n) is 7.96. The maximum absolute atomic E-state index is 12.4. The number of hydrogen-bond acceptors (Lipinski definition) is 5. The van der Waals surface area contributed by atoms with Gasteiger partial charge in [0.25, 0.3) is 11.8 Å². The van der Waals surface area contributed by atoms with Crippen LogP contribution in [0.2, 0.25) is 0 Å². The summed E-state index contributed by atoms with van der Waals surface area (Å²) >= 11 is 0. The molecule has 1 N–H and O–H groups in total. The van der Waals surface area contributed by atoms with Gasteiger partial charge in [-0.05, 0) is 19.1 Å². The van der Waals surface area contributed by atoms with Gasteiger partial charge in [-0.1, -0.05) is 47.1 Å². The molecule has 0 saturated heterocycles. The zero-order chi connectivity index (χ0) is 17.6. The maximum atomic E-state index is 12.4.